The molecule has 3 heteroatoms. The van der Waals surface area contributed by atoms with Crippen LogP contribution in [0.4, 0.5) is 0 Å². The second-order valence-electron chi connectivity index (χ2n) is 7.94. The summed E-state index contributed by atoms with van der Waals surface area (Å²) in [4.78, 5) is 0. The highest BCUT2D eigenvalue weighted by atomic mass is 16.3. The molecular formula is C19H26O3. The van der Waals surface area contributed by atoms with E-state index in [1.54, 1.807) is 6.07 Å². The summed E-state index contributed by atoms with van der Waals surface area (Å²) in [6, 6.07) is 5.70. The Bertz CT molecular complexity index is 584. The van der Waals surface area contributed by atoms with E-state index in [1.165, 1.54) is 5.56 Å². The molecule has 2 saturated carbocycles. The van der Waals surface area contributed by atoms with Crippen molar-refractivity contribution in [3.05, 3.63) is 29.3 Å². The van der Waals surface area contributed by atoms with Gasteiger partial charge in [0, 0.05) is 12.5 Å². The molecule has 0 bridgehead atoms. The number of phenolic OH excluding ortho intramolecular Hbond substituents is 1. The van der Waals surface area contributed by atoms with Crippen molar-refractivity contribution in [2.75, 3.05) is 6.61 Å². The molecule has 0 radical (unpaired) electrons. The fraction of sp³-hybridized carbons (Fsp3) is 0.684. The van der Waals surface area contributed by atoms with Crippen LogP contribution in [0.15, 0.2) is 18.2 Å². The summed E-state index contributed by atoms with van der Waals surface area (Å²) in [5.74, 6) is 2.08. The smallest absolute Gasteiger partial charge is 0.115 e. The van der Waals surface area contributed by atoms with Gasteiger partial charge >= 0.3 is 0 Å². The number of rotatable bonds is 1. The number of aromatic hydroxyl groups is 1. The number of benzene rings is 1. The first-order chi connectivity index (χ1) is 10.5. The van der Waals surface area contributed by atoms with Crippen LogP contribution in [0.1, 0.15) is 62.0 Å². The minimum absolute atomic E-state index is 0.0651. The molecule has 4 rings (SSSR count). The first-order valence-corrected chi connectivity index (χ1v) is 8.66. The summed E-state index contributed by atoms with van der Waals surface area (Å²) in [6.07, 6.45) is 5.08. The molecule has 2 fully saturated rings. The molecule has 3 nitrogen and oxygen atoms in total. The maximum Gasteiger partial charge on any atom is 0.115 e. The molecule has 0 aliphatic heterocycles. The van der Waals surface area contributed by atoms with Crippen LogP contribution in [0.2, 0.25) is 0 Å². The van der Waals surface area contributed by atoms with Crippen LogP contribution in [0.25, 0.3) is 0 Å². The van der Waals surface area contributed by atoms with Gasteiger partial charge in [-0.1, -0.05) is 13.0 Å². The number of hydrogen-bond donors (Lipinski definition) is 3. The van der Waals surface area contributed by atoms with E-state index in [-0.39, 0.29) is 24.0 Å². The zero-order valence-corrected chi connectivity index (χ0v) is 13.2. The Morgan fingerprint density at radius 1 is 1.18 bits per heavy atom. The van der Waals surface area contributed by atoms with Crippen LogP contribution in [0.3, 0.4) is 0 Å². The van der Waals surface area contributed by atoms with Crippen LogP contribution < -0.4 is 0 Å². The van der Waals surface area contributed by atoms with Crippen molar-refractivity contribution in [2.24, 2.45) is 17.3 Å². The lowest BCUT2D eigenvalue weighted by Gasteiger charge is -2.51. The van der Waals surface area contributed by atoms with Gasteiger partial charge in [0.05, 0.1) is 6.10 Å². The second kappa shape index (κ2) is 4.97. The number of hydrogen-bond acceptors (Lipinski definition) is 3. The molecule has 3 N–H and O–H groups in total. The molecule has 0 amide bonds. The highest BCUT2D eigenvalue weighted by Crippen LogP contribution is 2.62. The lowest BCUT2D eigenvalue weighted by atomic mass is 9.54. The molecule has 0 saturated heterocycles. The van der Waals surface area contributed by atoms with Crippen LogP contribution in [0.5, 0.6) is 5.75 Å². The molecule has 0 heterocycles. The SMILES string of the molecule is C[C@]12CC[C@@H]3c4ccc(O)cc4C(CO)C[C@H]3[C@@H]1CC[C@H]2O. The number of aliphatic hydroxyl groups is 2. The van der Waals surface area contributed by atoms with Gasteiger partial charge in [0.2, 0.25) is 0 Å². The quantitative estimate of drug-likeness (QED) is 0.747. The Balaban J connectivity index is 1.76. The van der Waals surface area contributed by atoms with Gasteiger partial charge in [-0.15, -0.1) is 0 Å². The highest BCUT2D eigenvalue weighted by molar-refractivity contribution is 5.42. The molecule has 1 unspecified atom stereocenters. The minimum Gasteiger partial charge on any atom is -0.508 e. The van der Waals surface area contributed by atoms with Crippen LogP contribution >= 0.6 is 0 Å². The van der Waals surface area contributed by atoms with E-state index >= 15 is 0 Å². The zero-order chi connectivity index (χ0) is 15.5. The van der Waals surface area contributed by atoms with Crippen LogP contribution in [0, 0.1) is 17.3 Å². The average Bonchev–Trinajstić information content (AvgIpc) is 2.82. The molecule has 0 spiro atoms. The predicted molar refractivity (Wildman–Crippen MR) is 84.9 cm³/mol. The van der Waals surface area contributed by atoms with Crippen molar-refractivity contribution in [2.45, 2.75) is 57.0 Å². The monoisotopic (exact) mass is 302 g/mol. The fourth-order valence-electron chi connectivity index (χ4n) is 5.86. The minimum atomic E-state index is -0.160. The first kappa shape index (κ1) is 14.5. The molecule has 0 aromatic heterocycles. The van der Waals surface area contributed by atoms with Gasteiger partial charge in [-0.3, -0.25) is 0 Å². The molecule has 22 heavy (non-hydrogen) atoms. The predicted octanol–water partition coefficient (Wildman–Crippen LogP) is 3.14. The van der Waals surface area contributed by atoms with Gasteiger partial charge in [-0.25, -0.2) is 0 Å². The lowest BCUT2D eigenvalue weighted by molar-refractivity contribution is -0.0265. The third-order valence-electron chi connectivity index (χ3n) is 7.07. The Labute approximate surface area is 132 Å². The second-order valence-corrected chi connectivity index (χ2v) is 7.94. The number of aliphatic hydroxyl groups excluding tert-OH is 2. The van der Waals surface area contributed by atoms with E-state index in [9.17, 15) is 15.3 Å². The van der Waals surface area contributed by atoms with Gasteiger partial charge in [-0.05, 0) is 78.5 Å². The molecule has 1 aromatic rings. The Morgan fingerprint density at radius 3 is 2.77 bits per heavy atom. The molecule has 120 valence electrons. The topological polar surface area (TPSA) is 60.7 Å². The number of fused-ring (bicyclic) bond motifs is 5. The van der Waals surface area contributed by atoms with E-state index in [1.807, 2.05) is 6.07 Å². The van der Waals surface area contributed by atoms with Crippen molar-refractivity contribution in [1.82, 2.24) is 0 Å². The zero-order valence-electron chi connectivity index (χ0n) is 13.2. The highest BCUT2D eigenvalue weighted by Gasteiger charge is 2.55. The van der Waals surface area contributed by atoms with Crippen molar-refractivity contribution in [3.8, 4) is 5.75 Å². The van der Waals surface area contributed by atoms with E-state index in [0.717, 1.165) is 37.7 Å². The van der Waals surface area contributed by atoms with Crippen molar-refractivity contribution < 1.29 is 15.3 Å². The standard InChI is InChI=1S/C19H26O3/c1-19-7-6-14-13-3-2-12(21)9-15(13)11(10-20)8-16(14)17(19)4-5-18(19)22/h2-3,9,11,14,16-18,20-22H,4-8,10H2,1H3/t11?,14-,16-,17+,18-,19+/m1/s1. The van der Waals surface area contributed by atoms with E-state index < -0.39 is 0 Å². The van der Waals surface area contributed by atoms with Crippen molar-refractivity contribution in [3.63, 3.8) is 0 Å². The molecular weight excluding hydrogens is 276 g/mol. The van der Waals surface area contributed by atoms with Crippen molar-refractivity contribution in [1.29, 1.82) is 0 Å². The van der Waals surface area contributed by atoms with E-state index in [0.29, 0.717) is 23.5 Å². The third-order valence-corrected chi connectivity index (χ3v) is 7.07. The Morgan fingerprint density at radius 2 is 2.00 bits per heavy atom. The van der Waals surface area contributed by atoms with E-state index in [4.69, 9.17) is 0 Å². The summed E-state index contributed by atoms with van der Waals surface area (Å²) in [6.45, 7) is 2.41. The van der Waals surface area contributed by atoms with Gasteiger partial charge in [0.15, 0.2) is 0 Å². The maximum atomic E-state index is 10.4. The Kier molecular flexibility index (Phi) is 3.28. The van der Waals surface area contributed by atoms with Gasteiger partial charge in [-0.2, -0.15) is 0 Å². The van der Waals surface area contributed by atoms with Crippen molar-refractivity contribution >= 4 is 0 Å². The molecule has 3 aliphatic rings. The largest absolute Gasteiger partial charge is 0.508 e. The summed E-state index contributed by atoms with van der Waals surface area (Å²) >= 11 is 0. The van der Waals surface area contributed by atoms with Gasteiger partial charge in [0.25, 0.3) is 0 Å². The molecule has 1 aromatic carbocycles. The normalized spacial score (nSPS) is 43.3. The molecule has 6 atom stereocenters. The average molecular weight is 302 g/mol. The Hall–Kier alpha value is -1.06. The summed E-state index contributed by atoms with van der Waals surface area (Å²) in [7, 11) is 0. The maximum absolute atomic E-state index is 10.4. The summed E-state index contributed by atoms with van der Waals surface area (Å²) < 4.78 is 0. The first-order valence-electron chi connectivity index (χ1n) is 8.66. The summed E-state index contributed by atoms with van der Waals surface area (Å²) in [5.41, 5.74) is 2.54. The van der Waals surface area contributed by atoms with Gasteiger partial charge in [0.1, 0.15) is 5.75 Å². The van der Waals surface area contributed by atoms with Crippen LogP contribution in [-0.4, -0.2) is 28.0 Å². The fourth-order valence-corrected chi connectivity index (χ4v) is 5.86. The molecule has 3 aliphatic carbocycles. The van der Waals surface area contributed by atoms with Crippen LogP contribution in [-0.2, 0) is 0 Å². The van der Waals surface area contributed by atoms with Gasteiger partial charge < -0.3 is 15.3 Å². The number of phenols is 1. The summed E-state index contributed by atoms with van der Waals surface area (Å²) in [5, 5.41) is 30.1. The lowest BCUT2D eigenvalue weighted by Crippen LogP contribution is -2.44. The van der Waals surface area contributed by atoms with E-state index in [2.05, 4.69) is 13.0 Å². The third kappa shape index (κ3) is 1.88.